The van der Waals surface area contributed by atoms with E-state index < -0.39 is 60.4 Å². The largest absolute Gasteiger partial charge is 0.467 e. The number of fused-ring (bicyclic) bond motifs is 1. The molecule has 5 atom stereocenters. The van der Waals surface area contributed by atoms with Gasteiger partial charge in [0.1, 0.15) is 0 Å². The minimum Gasteiger partial charge on any atom is -0.467 e. The van der Waals surface area contributed by atoms with Crippen LogP contribution in [0.2, 0.25) is 0 Å². The molecule has 0 N–H and O–H groups in total. The van der Waals surface area contributed by atoms with Gasteiger partial charge < -0.3 is 33.2 Å². The molecule has 3 heterocycles. The van der Waals surface area contributed by atoms with Gasteiger partial charge in [0.2, 0.25) is 12.7 Å². The fourth-order valence-electron chi connectivity index (χ4n) is 4.14. The zero-order valence-electron chi connectivity index (χ0n) is 21.8. The highest BCUT2D eigenvalue weighted by Gasteiger charge is 2.58. The molecule has 0 radical (unpaired) electrons. The van der Waals surface area contributed by atoms with Gasteiger partial charge in [-0.3, -0.25) is 24.1 Å². The molecule has 4 rings (SSSR count). The molecular weight excluding hydrogens is 554 g/mol. The molecule has 0 bridgehead atoms. The molecule has 40 heavy (non-hydrogen) atoms. The van der Waals surface area contributed by atoms with Crippen molar-refractivity contribution in [2.45, 2.75) is 51.4 Å². The van der Waals surface area contributed by atoms with Crippen LogP contribution in [0.1, 0.15) is 26.3 Å². The van der Waals surface area contributed by atoms with Crippen LogP contribution in [0.25, 0.3) is 0 Å². The molecule has 3 aliphatic heterocycles. The SMILES string of the molecule is COC(=O)[C@H]1O[C@@H](N2C(=O)CS/C2=N\N=C\c2ccc3c(c2)OCO3)[C@H](OC(C)=O)[C@@H](OC(C)=O)[C@@H]1OC(C)=O. The monoisotopic (exact) mass is 579 g/mol. The Kier molecular flexibility index (Phi) is 8.89. The van der Waals surface area contributed by atoms with Crippen molar-refractivity contribution in [3.05, 3.63) is 23.8 Å². The van der Waals surface area contributed by atoms with Crippen molar-refractivity contribution in [3.8, 4) is 11.5 Å². The summed E-state index contributed by atoms with van der Waals surface area (Å²) in [4.78, 5) is 62.7. The number of carbonyl (C=O) groups excluding carboxylic acids is 5. The molecule has 0 saturated carbocycles. The number of methoxy groups -OCH3 is 1. The summed E-state index contributed by atoms with van der Waals surface area (Å²) in [5, 5.41) is 8.22. The number of nitrogens with zero attached hydrogens (tertiary/aromatic N) is 3. The molecule has 0 spiro atoms. The number of carbonyl (C=O) groups is 5. The summed E-state index contributed by atoms with van der Waals surface area (Å²) in [7, 11) is 1.07. The van der Waals surface area contributed by atoms with Crippen LogP contribution >= 0.6 is 11.8 Å². The van der Waals surface area contributed by atoms with Gasteiger partial charge >= 0.3 is 23.9 Å². The summed E-state index contributed by atoms with van der Waals surface area (Å²) in [5.74, 6) is -2.98. The Morgan fingerprint density at radius 2 is 1.62 bits per heavy atom. The van der Waals surface area contributed by atoms with Crippen molar-refractivity contribution >= 4 is 52.9 Å². The van der Waals surface area contributed by atoms with Gasteiger partial charge in [-0.25, -0.2) is 4.79 Å². The lowest BCUT2D eigenvalue weighted by Gasteiger charge is -2.45. The molecule has 3 aliphatic rings. The molecule has 2 saturated heterocycles. The second-order valence-electron chi connectivity index (χ2n) is 8.48. The van der Waals surface area contributed by atoms with Crippen molar-refractivity contribution in [2.24, 2.45) is 10.2 Å². The van der Waals surface area contributed by atoms with E-state index in [9.17, 15) is 24.0 Å². The highest BCUT2D eigenvalue weighted by atomic mass is 32.2. The predicted octanol–water partition coefficient (Wildman–Crippen LogP) is 0.374. The third kappa shape index (κ3) is 6.34. The van der Waals surface area contributed by atoms with Crippen LogP contribution in [0.3, 0.4) is 0 Å². The second kappa shape index (κ2) is 12.3. The molecule has 16 heteroatoms. The van der Waals surface area contributed by atoms with Crippen molar-refractivity contribution in [1.29, 1.82) is 0 Å². The minimum absolute atomic E-state index is 0.0419. The first-order valence-corrected chi connectivity index (χ1v) is 12.8. The topological polar surface area (TPSA) is 178 Å². The molecule has 0 unspecified atom stereocenters. The smallest absolute Gasteiger partial charge is 0.339 e. The Bertz CT molecular complexity index is 1270. The van der Waals surface area contributed by atoms with E-state index in [1.54, 1.807) is 18.2 Å². The van der Waals surface area contributed by atoms with E-state index in [1.807, 2.05) is 0 Å². The third-order valence-electron chi connectivity index (χ3n) is 5.65. The highest BCUT2D eigenvalue weighted by molar-refractivity contribution is 8.15. The van der Waals surface area contributed by atoms with Gasteiger partial charge in [0.25, 0.3) is 0 Å². The normalized spacial score (nSPS) is 26.6. The standard InChI is InChI=1S/C24H25N3O12S/c1-11(28)36-18-19(37-12(2)29)21(23(32)33-4)39-22(20(18)38-13(3)30)27-17(31)9-40-24(27)26-25-8-14-5-6-15-16(7-14)35-10-34-15/h5-8,18-22H,9-10H2,1-4H3/b25-8+,26-24-/t18-,19-,20+,21-,22+/m0/s1. The number of benzene rings is 1. The molecule has 1 amide bonds. The Morgan fingerprint density at radius 1 is 0.975 bits per heavy atom. The minimum atomic E-state index is -1.66. The van der Waals surface area contributed by atoms with E-state index in [0.717, 1.165) is 44.5 Å². The van der Waals surface area contributed by atoms with Crippen LogP contribution < -0.4 is 9.47 Å². The first kappa shape index (κ1) is 28.8. The van der Waals surface area contributed by atoms with Crippen molar-refractivity contribution in [3.63, 3.8) is 0 Å². The number of esters is 4. The summed E-state index contributed by atoms with van der Waals surface area (Å²) in [6, 6.07) is 5.12. The number of amides is 1. The molecule has 1 aromatic carbocycles. The first-order chi connectivity index (χ1) is 19.1. The lowest BCUT2D eigenvalue weighted by Crippen LogP contribution is -2.67. The van der Waals surface area contributed by atoms with Gasteiger partial charge in [-0.2, -0.15) is 5.10 Å². The zero-order chi connectivity index (χ0) is 29.0. The van der Waals surface area contributed by atoms with E-state index in [1.165, 1.54) is 6.21 Å². The summed E-state index contributed by atoms with van der Waals surface area (Å²) in [6.07, 6.45) is -6.43. The fraction of sp³-hybridized carbons (Fsp3) is 0.458. The number of rotatable bonds is 7. The summed E-state index contributed by atoms with van der Waals surface area (Å²) >= 11 is 1.01. The Balaban J connectivity index is 1.70. The first-order valence-electron chi connectivity index (χ1n) is 11.8. The average Bonchev–Trinajstić information content (AvgIpc) is 3.51. The van der Waals surface area contributed by atoms with E-state index in [0.29, 0.717) is 17.1 Å². The lowest BCUT2D eigenvalue weighted by molar-refractivity contribution is -0.263. The van der Waals surface area contributed by atoms with Crippen LogP contribution in [0, 0.1) is 0 Å². The van der Waals surface area contributed by atoms with Gasteiger partial charge in [0.15, 0.2) is 47.3 Å². The Labute approximate surface area is 231 Å². The zero-order valence-corrected chi connectivity index (χ0v) is 22.6. The van der Waals surface area contributed by atoms with Gasteiger partial charge in [0, 0.05) is 20.8 Å². The van der Waals surface area contributed by atoms with Crippen LogP contribution in [0.4, 0.5) is 0 Å². The Hall–Kier alpha value is -4.18. The van der Waals surface area contributed by atoms with Crippen LogP contribution in [0.5, 0.6) is 11.5 Å². The van der Waals surface area contributed by atoms with Crippen molar-refractivity contribution < 1.29 is 57.1 Å². The van der Waals surface area contributed by atoms with Crippen molar-refractivity contribution in [2.75, 3.05) is 19.7 Å². The number of hydrogen-bond donors (Lipinski definition) is 0. The predicted molar refractivity (Wildman–Crippen MR) is 134 cm³/mol. The number of hydrogen-bond acceptors (Lipinski definition) is 15. The number of thioether (sulfide) groups is 1. The van der Waals surface area contributed by atoms with Crippen molar-refractivity contribution in [1.82, 2.24) is 4.90 Å². The maximum Gasteiger partial charge on any atom is 0.339 e. The maximum atomic E-state index is 13.0. The fourth-order valence-corrected chi connectivity index (χ4v) is 4.98. The average molecular weight is 580 g/mol. The van der Waals surface area contributed by atoms with Gasteiger partial charge in [-0.05, 0) is 23.8 Å². The van der Waals surface area contributed by atoms with Crippen LogP contribution in [-0.2, 0) is 47.7 Å². The maximum absolute atomic E-state index is 13.0. The quantitative estimate of drug-likeness (QED) is 0.187. The summed E-state index contributed by atoms with van der Waals surface area (Å²) in [6.45, 7) is 3.33. The van der Waals surface area contributed by atoms with Gasteiger partial charge in [-0.1, -0.05) is 11.8 Å². The highest BCUT2D eigenvalue weighted by Crippen LogP contribution is 2.35. The second-order valence-corrected chi connectivity index (χ2v) is 9.43. The Morgan fingerprint density at radius 3 is 2.30 bits per heavy atom. The molecule has 15 nitrogen and oxygen atoms in total. The summed E-state index contributed by atoms with van der Waals surface area (Å²) in [5.41, 5.74) is 0.631. The molecule has 214 valence electrons. The van der Waals surface area contributed by atoms with E-state index >= 15 is 0 Å². The summed E-state index contributed by atoms with van der Waals surface area (Å²) < 4.78 is 37.3. The molecule has 0 aliphatic carbocycles. The molecular formula is C24H25N3O12S. The molecule has 2 fully saturated rings. The van der Waals surface area contributed by atoms with Gasteiger partial charge in [0.05, 0.1) is 19.1 Å². The van der Waals surface area contributed by atoms with E-state index in [-0.39, 0.29) is 17.7 Å². The van der Waals surface area contributed by atoms with Gasteiger partial charge in [-0.15, -0.1) is 5.10 Å². The number of ether oxygens (including phenoxy) is 7. The van der Waals surface area contributed by atoms with E-state index in [2.05, 4.69) is 10.2 Å². The molecule has 1 aromatic rings. The van der Waals surface area contributed by atoms with Crippen LogP contribution in [0.15, 0.2) is 28.4 Å². The molecule has 0 aromatic heterocycles. The van der Waals surface area contributed by atoms with E-state index in [4.69, 9.17) is 33.2 Å². The number of amidine groups is 1. The lowest BCUT2D eigenvalue weighted by atomic mass is 9.96. The van der Waals surface area contributed by atoms with Crippen LogP contribution in [-0.4, -0.2) is 96.4 Å². The third-order valence-corrected chi connectivity index (χ3v) is 6.58.